The number of carbonyl (C=O) groups is 2. The van der Waals surface area contributed by atoms with Crippen molar-refractivity contribution >= 4 is 17.4 Å². The zero-order chi connectivity index (χ0) is 17.0. The highest BCUT2D eigenvalue weighted by atomic mass is 19.2. The summed E-state index contributed by atoms with van der Waals surface area (Å²) in [5.74, 6) is -2.56. The predicted molar refractivity (Wildman–Crippen MR) is 81.9 cm³/mol. The number of nitrogens with one attached hydrogen (secondary N) is 1. The summed E-state index contributed by atoms with van der Waals surface area (Å²) in [7, 11) is 0. The van der Waals surface area contributed by atoms with E-state index in [1.807, 2.05) is 0 Å². The number of halogens is 2. The Labute approximate surface area is 132 Å². The molecular weight excluding hydrogens is 304 g/mol. The number of ether oxygens (including phenoxy) is 1. The molecule has 2 aromatic rings. The molecule has 0 radical (unpaired) electrons. The lowest BCUT2D eigenvalue weighted by atomic mass is 10.1. The fraction of sp³-hybridized carbons (Fsp3) is 0.176. The van der Waals surface area contributed by atoms with Crippen molar-refractivity contribution in [2.45, 2.75) is 13.8 Å². The molecule has 6 heteroatoms. The van der Waals surface area contributed by atoms with E-state index in [-0.39, 0.29) is 17.0 Å². The molecule has 0 aliphatic carbocycles. The lowest BCUT2D eigenvalue weighted by Gasteiger charge is -2.13. The highest BCUT2D eigenvalue weighted by Crippen LogP contribution is 2.27. The van der Waals surface area contributed by atoms with Gasteiger partial charge >= 0.3 is 0 Å². The van der Waals surface area contributed by atoms with Gasteiger partial charge < -0.3 is 10.1 Å². The topological polar surface area (TPSA) is 55.4 Å². The third-order valence-electron chi connectivity index (χ3n) is 3.12. The Morgan fingerprint density at radius 1 is 1.04 bits per heavy atom. The molecule has 0 unspecified atom stereocenters. The van der Waals surface area contributed by atoms with E-state index in [0.717, 1.165) is 12.1 Å². The number of benzene rings is 2. The van der Waals surface area contributed by atoms with Crippen LogP contribution in [0.25, 0.3) is 0 Å². The highest BCUT2D eigenvalue weighted by molar-refractivity contribution is 6.06. The lowest BCUT2D eigenvalue weighted by Crippen LogP contribution is -2.14. The van der Waals surface area contributed by atoms with Gasteiger partial charge in [-0.3, -0.25) is 9.59 Å². The van der Waals surface area contributed by atoms with Crippen LogP contribution < -0.4 is 10.1 Å². The molecule has 1 N–H and O–H groups in total. The zero-order valence-electron chi connectivity index (χ0n) is 12.7. The van der Waals surface area contributed by atoms with Gasteiger partial charge in [-0.1, -0.05) is 0 Å². The van der Waals surface area contributed by atoms with E-state index in [2.05, 4.69) is 5.32 Å². The number of amides is 1. The fourth-order valence-electron chi connectivity index (χ4n) is 1.96. The Balaban J connectivity index is 2.32. The van der Waals surface area contributed by atoms with Crippen molar-refractivity contribution < 1.29 is 23.1 Å². The van der Waals surface area contributed by atoms with Crippen molar-refractivity contribution in [3.8, 4) is 5.75 Å². The van der Waals surface area contributed by atoms with Crippen molar-refractivity contribution in [3.63, 3.8) is 0 Å². The number of carbonyl (C=O) groups excluding carboxylic acids is 2. The van der Waals surface area contributed by atoms with Crippen molar-refractivity contribution in [3.05, 3.63) is 59.2 Å². The van der Waals surface area contributed by atoms with Crippen LogP contribution in [0, 0.1) is 11.6 Å². The van der Waals surface area contributed by atoms with Gasteiger partial charge in [0.05, 0.1) is 12.3 Å². The second-order valence-corrected chi connectivity index (χ2v) is 4.78. The summed E-state index contributed by atoms with van der Waals surface area (Å²) in [6.45, 7) is 3.55. The summed E-state index contributed by atoms with van der Waals surface area (Å²) in [6, 6.07) is 7.48. The quantitative estimate of drug-likeness (QED) is 0.852. The minimum atomic E-state index is -1.11. The summed E-state index contributed by atoms with van der Waals surface area (Å²) in [4.78, 5) is 23.6. The lowest BCUT2D eigenvalue weighted by molar-refractivity contribution is 0.101. The van der Waals surface area contributed by atoms with Crippen LogP contribution >= 0.6 is 0 Å². The number of rotatable bonds is 5. The summed E-state index contributed by atoms with van der Waals surface area (Å²) in [6.07, 6.45) is 0. The van der Waals surface area contributed by atoms with E-state index in [9.17, 15) is 18.4 Å². The van der Waals surface area contributed by atoms with Gasteiger partial charge in [0.25, 0.3) is 5.91 Å². The molecule has 1 amide bonds. The van der Waals surface area contributed by atoms with Gasteiger partial charge in [0.15, 0.2) is 17.4 Å². The molecule has 0 spiro atoms. The average molecular weight is 319 g/mol. The van der Waals surface area contributed by atoms with Crippen molar-refractivity contribution in [2.24, 2.45) is 0 Å². The molecule has 0 atom stereocenters. The van der Waals surface area contributed by atoms with Crippen molar-refractivity contribution in [1.82, 2.24) is 0 Å². The number of hydrogen-bond donors (Lipinski definition) is 1. The van der Waals surface area contributed by atoms with Gasteiger partial charge in [-0.15, -0.1) is 0 Å². The average Bonchev–Trinajstić information content (AvgIpc) is 2.51. The first-order valence-corrected chi connectivity index (χ1v) is 6.96. The van der Waals surface area contributed by atoms with E-state index in [1.54, 1.807) is 19.1 Å². The maximum absolute atomic E-state index is 13.2. The highest BCUT2D eigenvalue weighted by Gasteiger charge is 2.14. The normalized spacial score (nSPS) is 10.3. The molecule has 0 fully saturated rings. The third kappa shape index (κ3) is 3.91. The standard InChI is InChI=1S/C17H15F2NO3/c1-3-23-16-7-5-11(10(2)21)9-15(16)20-17(22)12-4-6-13(18)14(19)8-12/h4-9H,3H2,1-2H3,(H,20,22). The van der Waals surface area contributed by atoms with E-state index in [1.165, 1.54) is 19.1 Å². The van der Waals surface area contributed by atoms with Crippen LogP contribution in [0.3, 0.4) is 0 Å². The van der Waals surface area contributed by atoms with Gasteiger partial charge in [-0.25, -0.2) is 8.78 Å². The Kier molecular flexibility index (Phi) is 5.05. The fourth-order valence-corrected chi connectivity index (χ4v) is 1.96. The molecular formula is C17H15F2NO3. The largest absolute Gasteiger partial charge is 0.492 e. The van der Waals surface area contributed by atoms with Gasteiger partial charge in [-0.2, -0.15) is 0 Å². The monoisotopic (exact) mass is 319 g/mol. The summed E-state index contributed by atoms with van der Waals surface area (Å²) < 4.78 is 31.5. The molecule has 0 aliphatic heterocycles. The number of ketones is 1. The van der Waals surface area contributed by atoms with E-state index >= 15 is 0 Å². The van der Waals surface area contributed by atoms with Crippen LogP contribution in [0.4, 0.5) is 14.5 Å². The minimum Gasteiger partial charge on any atom is -0.492 e. The Bertz CT molecular complexity index is 759. The van der Waals surface area contributed by atoms with Crippen LogP contribution in [-0.4, -0.2) is 18.3 Å². The van der Waals surface area contributed by atoms with Crippen LogP contribution in [-0.2, 0) is 0 Å². The smallest absolute Gasteiger partial charge is 0.255 e. The van der Waals surface area contributed by atoms with Gasteiger partial charge in [-0.05, 0) is 50.2 Å². The zero-order valence-corrected chi connectivity index (χ0v) is 12.7. The summed E-state index contributed by atoms with van der Waals surface area (Å²) in [5, 5.41) is 2.55. The molecule has 4 nitrogen and oxygen atoms in total. The van der Waals surface area contributed by atoms with E-state index in [0.29, 0.717) is 17.9 Å². The van der Waals surface area contributed by atoms with Crippen LogP contribution in [0.2, 0.25) is 0 Å². The summed E-state index contributed by atoms with van der Waals surface area (Å²) >= 11 is 0. The molecule has 23 heavy (non-hydrogen) atoms. The van der Waals surface area contributed by atoms with Crippen molar-refractivity contribution in [1.29, 1.82) is 0 Å². The van der Waals surface area contributed by atoms with Crippen LogP contribution in [0.15, 0.2) is 36.4 Å². The Morgan fingerprint density at radius 2 is 1.74 bits per heavy atom. The van der Waals surface area contributed by atoms with Crippen molar-refractivity contribution in [2.75, 3.05) is 11.9 Å². The molecule has 2 rings (SSSR count). The number of anilines is 1. The van der Waals surface area contributed by atoms with E-state index in [4.69, 9.17) is 4.74 Å². The molecule has 0 saturated carbocycles. The molecule has 0 aromatic heterocycles. The second-order valence-electron chi connectivity index (χ2n) is 4.78. The molecule has 2 aromatic carbocycles. The predicted octanol–water partition coefficient (Wildman–Crippen LogP) is 3.82. The molecule has 0 bridgehead atoms. The first-order valence-electron chi connectivity index (χ1n) is 6.96. The van der Waals surface area contributed by atoms with Gasteiger partial charge in [0.1, 0.15) is 5.75 Å². The van der Waals surface area contributed by atoms with Gasteiger partial charge in [0.2, 0.25) is 0 Å². The van der Waals surface area contributed by atoms with E-state index < -0.39 is 17.5 Å². The summed E-state index contributed by atoms with van der Waals surface area (Å²) in [5.41, 5.74) is 0.642. The Morgan fingerprint density at radius 3 is 2.35 bits per heavy atom. The van der Waals surface area contributed by atoms with Gasteiger partial charge in [0, 0.05) is 11.1 Å². The maximum Gasteiger partial charge on any atom is 0.255 e. The molecule has 120 valence electrons. The molecule has 0 aliphatic rings. The minimum absolute atomic E-state index is 0.0421. The first-order chi connectivity index (χ1) is 10.9. The first kappa shape index (κ1) is 16.6. The SMILES string of the molecule is CCOc1ccc(C(C)=O)cc1NC(=O)c1ccc(F)c(F)c1. The maximum atomic E-state index is 13.2. The third-order valence-corrected chi connectivity index (χ3v) is 3.12. The second kappa shape index (κ2) is 7.00. The number of hydrogen-bond acceptors (Lipinski definition) is 3. The molecule has 0 saturated heterocycles. The Hall–Kier alpha value is -2.76. The van der Waals surface area contributed by atoms with Crippen LogP contribution in [0.1, 0.15) is 34.6 Å². The molecule has 0 heterocycles. The number of Topliss-reactive ketones (excluding diaryl/α,β-unsaturated/α-hetero) is 1. The van der Waals surface area contributed by atoms with Crippen LogP contribution in [0.5, 0.6) is 5.75 Å².